The average Bonchev–Trinajstić information content (AvgIpc) is 3.36. The number of rotatable bonds is 6. The number of nitrogens with zero attached hydrogens (tertiary/aromatic N) is 3. The Hall–Kier alpha value is -3.09. The lowest BCUT2D eigenvalue weighted by molar-refractivity contribution is -0.122. The number of carbonyl (C=O) groups is 1. The molecule has 1 aliphatic rings. The van der Waals surface area contributed by atoms with Gasteiger partial charge in [0.1, 0.15) is 23.3 Å². The van der Waals surface area contributed by atoms with E-state index in [1.165, 1.54) is 0 Å². The van der Waals surface area contributed by atoms with E-state index in [9.17, 15) is 4.79 Å². The van der Waals surface area contributed by atoms with Crippen molar-refractivity contribution in [2.75, 3.05) is 18.1 Å². The summed E-state index contributed by atoms with van der Waals surface area (Å²) in [5.74, 6) is 2.98. The number of nitrogens with one attached hydrogen (secondary N) is 1. The van der Waals surface area contributed by atoms with Gasteiger partial charge in [0.05, 0.1) is 24.4 Å². The number of hydrogen-bond donors (Lipinski definition) is 1. The van der Waals surface area contributed by atoms with E-state index in [0.717, 1.165) is 53.3 Å². The number of anilines is 1. The Kier molecular flexibility index (Phi) is 5.38. The van der Waals surface area contributed by atoms with Crippen LogP contribution in [0.3, 0.4) is 0 Å². The van der Waals surface area contributed by atoms with E-state index in [-0.39, 0.29) is 11.9 Å². The molecule has 0 unspecified atom stereocenters. The largest absolute Gasteiger partial charge is 0.494 e. The minimum atomic E-state index is -0.273. The zero-order valence-corrected chi connectivity index (χ0v) is 17.1. The van der Waals surface area contributed by atoms with Crippen LogP contribution in [0.15, 0.2) is 34.7 Å². The third kappa shape index (κ3) is 4.04. The van der Waals surface area contributed by atoms with Gasteiger partial charge in [0.2, 0.25) is 11.9 Å². The fourth-order valence-electron chi connectivity index (χ4n) is 3.78. The molecular weight excluding hydrogens is 368 g/mol. The molecule has 1 aromatic carbocycles. The van der Waals surface area contributed by atoms with Gasteiger partial charge in [-0.25, -0.2) is 9.97 Å². The molecule has 7 heteroatoms. The lowest BCUT2D eigenvalue weighted by Crippen LogP contribution is -2.43. The number of amides is 1. The summed E-state index contributed by atoms with van der Waals surface area (Å²) in [5.41, 5.74) is 1.73. The predicted octanol–water partition coefficient (Wildman–Crippen LogP) is 3.52. The topological polar surface area (TPSA) is 80.5 Å². The van der Waals surface area contributed by atoms with Crippen LogP contribution in [-0.2, 0) is 11.3 Å². The lowest BCUT2D eigenvalue weighted by atomic mass is 10.2. The first kappa shape index (κ1) is 19.2. The summed E-state index contributed by atoms with van der Waals surface area (Å²) in [6.07, 6.45) is 1.72. The van der Waals surface area contributed by atoms with Gasteiger partial charge in [-0.05, 0) is 63.9 Å². The van der Waals surface area contributed by atoms with Gasteiger partial charge in [0.15, 0.2) is 0 Å². The molecule has 4 rings (SSSR count). The van der Waals surface area contributed by atoms with Gasteiger partial charge >= 0.3 is 0 Å². The second-order valence-corrected chi connectivity index (χ2v) is 7.30. The highest BCUT2D eigenvalue weighted by molar-refractivity contribution is 5.87. The minimum Gasteiger partial charge on any atom is -0.494 e. The molecule has 1 fully saturated rings. The molecule has 0 aliphatic carbocycles. The SMILES string of the molecule is CCOc1ccc2nc(N3CCC[C@H]3C(=O)NCc3ccc(C)o3)nc(C)c2c1. The van der Waals surface area contributed by atoms with Crippen molar-refractivity contribution in [1.82, 2.24) is 15.3 Å². The number of fused-ring (bicyclic) bond motifs is 1. The highest BCUT2D eigenvalue weighted by atomic mass is 16.5. The standard InChI is InChI=1S/C22H26N4O3/c1-4-28-16-9-10-19-18(12-16)15(3)24-22(25-19)26-11-5-6-20(26)21(27)23-13-17-8-7-14(2)29-17/h7-10,12,20H,4-6,11,13H2,1-3H3,(H,23,27)/t20-/m0/s1. The third-order valence-electron chi connectivity index (χ3n) is 5.20. The molecule has 0 bridgehead atoms. The first-order valence-corrected chi connectivity index (χ1v) is 10.1. The van der Waals surface area contributed by atoms with Crippen molar-refractivity contribution >= 4 is 22.8 Å². The van der Waals surface area contributed by atoms with Gasteiger partial charge in [0.25, 0.3) is 0 Å². The molecule has 0 spiro atoms. The van der Waals surface area contributed by atoms with Crippen LogP contribution in [0, 0.1) is 13.8 Å². The molecule has 0 radical (unpaired) electrons. The summed E-state index contributed by atoms with van der Waals surface area (Å²) in [4.78, 5) is 24.2. The molecule has 1 aliphatic heterocycles. The van der Waals surface area contributed by atoms with Gasteiger partial charge in [-0.2, -0.15) is 0 Å². The zero-order chi connectivity index (χ0) is 20.4. The highest BCUT2D eigenvalue weighted by Crippen LogP contribution is 2.28. The Morgan fingerprint density at radius 2 is 2.14 bits per heavy atom. The van der Waals surface area contributed by atoms with E-state index in [0.29, 0.717) is 19.1 Å². The quantitative estimate of drug-likeness (QED) is 0.689. The lowest BCUT2D eigenvalue weighted by Gasteiger charge is -2.24. The third-order valence-corrected chi connectivity index (χ3v) is 5.20. The second-order valence-electron chi connectivity index (χ2n) is 7.30. The minimum absolute atomic E-state index is 0.0235. The van der Waals surface area contributed by atoms with Crippen LogP contribution in [0.25, 0.3) is 10.9 Å². The summed E-state index contributed by atoms with van der Waals surface area (Å²) in [7, 11) is 0. The number of ether oxygens (including phenoxy) is 1. The molecule has 3 heterocycles. The molecular formula is C22H26N4O3. The predicted molar refractivity (Wildman–Crippen MR) is 111 cm³/mol. The van der Waals surface area contributed by atoms with E-state index in [4.69, 9.17) is 19.1 Å². The molecule has 1 N–H and O–H groups in total. The zero-order valence-electron chi connectivity index (χ0n) is 17.1. The van der Waals surface area contributed by atoms with Crippen LogP contribution < -0.4 is 15.0 Å². The maximum Gasteiger partial charge on any atom is 0.243 e. The summed E-state index contributed by atoms with van der Waals surface area (Å²) in [5, 5.41) is 3.95. The summed E-state index contributed by atoms with van der Waals surface area (Å²) in [6, 6.07) is 9.34. The molecule has 0 saturated carbocycles. The van der Waals surface area contributed by atoms with Crippen LogP contribution in [0.1, 0.15) is 37.0 Å². The van der Waals surface area contributed by atoms with Gasteiger partial charge in [-0.15, -0.1) is 0 Å². The Balaban J connectivity index is 1.53. The van der Waals surface area contributed by atoms with Crippen LogP contribution in [0.5, 0.6) is 5.75 Å². The number of carbonyl (C=O) groups excluding carboxylic acids is 1. The van der Waals surface area contributed by atoms with E-state index in [1.54, 1.807) is 0 Å². The summed E-state index contributed by atoms with van der Waals surface area (Å²) >= 11 is 0. The van der Waals surface area contributed by atoms with E-state index < -0.39 is 0 Å². The smallest absolute Gasteiger partial charge is 0.243 e. The van der Waals surface area contributed by atoms with Gasteiger partial charge in [-0.3, -0.25) is 4.79 Å². The molecule has 3 aromatic rings. The van der Waals surface area contributed by atoms with Crippen molar-refractivity contribution < 1.29 is 13.9 Å². The number of furan rings is 1. The van der Waals surface area contributed by atoms with E-state index in [1.807, 2.05) is 56.0 Å². The Bertz CT molecular complexity index is 1030. The van der Waals surface area contributed by atoms with Gasteiger partial charge in [0, 0.05) is 11.9 Å². The van der Waals surface area contributed by atoms with Crippen molar-refractivity contribution in [3.8, 4) is 5.75 Å². The Morgan fingerprint density at radius 1 is 1.28 bits per heavy atom. The number of benzene rings is 1. The second kappa shape index (κ2) is 8.11. The molecule has 1 amide bonds. The maximum absolute atomic E-state index is 12.8. The van der Waals surface area contributed by atoms with Crippen molar-refractivity contribution in [3.63, 3.8) is 0 Å². The molecule has 1 atom stereocenters. The Morgan fingerprint density at radius 3 is 2.90 bits per heavy atom. The molecule has 152 valence electrons. The first-order valence-electron chi connectivity index (χ1n) is 10.1. The van der Waals surface area contributed by atoms with Crippen molar-refractivity contribution in [3.05, 3.63) is 47.5 Å². The Labute approximate surface area is 170 Å². The molecule has 7 nitrogen and oxygen atoms in total. The molecule has 29 heavy (non-hydrogen) atoms. The summed E-state index contributed by atoms with van der Waals surface area (Å²) < 4.78 is 11.1. The van der Waals surface area contributed by atoms with Gasteiger partial charge < -0.3 is 19.4 Å². The molecule has 2 aromatic heterocycles. The fraction of sp³-hybridized carbons (Fsp3) is 0.409. The van der Waals surface area contributed by atoms with E-state index >= 15 is 0 Å². The highest BCUT2D eigenvalue weighted by Gasteiger charge is 2.32. The van der Waals surface area contributed by atoms with Crippen LogP contribution in [0.2, 0.25) is 0 Å². The number of hydrogen-bond acceptors (Lipinski definition) is 6. The van der Waals surface area contributed by atoms with E-state index in [2.05, 4.69) is 5.32 Å². The van der Waals surface area contributed by atoms with Crippen LogP contribution in [-0.4, -0.2) is 35.1 Å². The molecule has 1 saturated heterocycles. The normalized spacial score (nSPS) is 16.4. The van der Waals surface area contributed by atoms with Crippen molar-refractivity contribution in [1.29, 1.82) is 0 Å². The van der Waals surface area contributed by atoms with Crippen LogP contribution in [0.4, 0.5) is 5.95 Å². The fourth-order valence-corrected chi connectivity index (χ4v) is 3.78. The number of aryl methyl sites for hydroxylation is 2. The average molecular weight is 394 g/mol. The maximum atomic E-state index is 12.8. The van der Waals surface area contributed by atoms with Crippen molar-refractivity contribution in [2.24, 2.45) is 0 Å². The first-order chi connectivity index (χ1) is 14.0. The monoisotopic (exact) mass is 394 g/mol. The summed E-state index contributed by atoms with van der Waals surface area (Å²) in [6.45, 7) is 7.58. The van der Waals surface area contributed by atoms with Gasteiger partial charge in [-0.1, -0.05) is 0 Å². The number of aromatic nitrogens is 2. The van der Waals surface area contributed by atoms with Crippen molar-refractivity contribution in [2.45, 2.75) is 46.2 Å². The van der Waals surface area contributed by atoms with Crippen LogP contribution >= 0.6 is 0 Å².